The van der Waals surface area contributed by atoms with Crippen LogP contribution < -0.4 is 10.6 Å². The molecule has 0 unspecified atom stereocenters. The van der Waals surface area contributed by atoms with Gasteiger partial charge in [0, 0.05) is 32.2 Å². The van der Waals surface area contributed by atoms with Gasteiger partial charge < -0.3 is 20.3 Å². The number of guanidine groups is 1. The van der Waals surface area contributed by atoms with Gasteiger partial charge in [0.2, 0.25) is 0 Å². The molecule has 6 nitrogen and oxygen atoms in total. The second-order valence-electron chi connectivity index (χ2n) is 7.49. The number of ether oxygens (including phenoxy) is 1. The first-order valence-electron chi connectivity index (χ1n) is 8.91. The van der Waals surface area contributed by atoms with Crippen LogP contribution in [0.2, 0.25) is 0 Å². The molecule has 0 aromatic heterocycles. The van der Waals surface area contributed by atoms with E-state index >= 15 is 0 Å². The van der Waals surface area contributed by atoms with Crippen molar-refractivity contribution in [3.05, 3.63) is 0 Å². The van der Waals surface area contributed by atoms with Crippen molar-refractivity contribution in [1.29, 1.82) is 0 Å². The first kappa shape index (κ1) is 17.9. The zero-order valence-electron chi connectivity index (χ0n) is 15.0. The molecule has 0 aliphatic heterocycles. The SMILES string of the molecule is CCNC(=NCC1CC1)NCCN(C(=O)OC(C)(C)C)C1CC1. The maximum absolute atomic E-state index is 12.3. The molecule has 0 atom stereocenters. The highest BCUT2D eigenvalue weighted by molar-refractivity contribution is 5.79. The first-order chi connectivity index (χ1) is 10.9. The van der Waals surface area contributed by atoms with Crippen LogP contribution >= 0.6 is 0 Å². The fourth-order valence-corrected chi connectivity index (χ4v) is 2.29. The second kappa shape index (κ2) is 7.88. The van der Waals surface area contributed by atoms with E-state index in [9.17, 15) is 4.79 Å². The van der Waals surface area contributed by atoms with Gasteiger partial charge >= 0.3 is 6.09 Å². The smallest absolute Gasteiger partial charge is 0.410 e. The molecule has 6 heteroatoms. The summed E-state index contributed by atoms with van der Waals surface area (Å²) in [6, 6.07) is 0.345. The summed E-state index contributed by atoms with van der Waals surface area (Å²) in [5.41, 5.74) is -0.446. The van der Waals surface area contributed by atoms with Gasteiger partial charge in [-0.3, -0.25) is 4.99 Å². The van der Waals surface area contributed by atoms with E-state index in [2.05, 4.69) is 22.5 Å². The highest BCUT2D eigenvalue weighted by Gasteiger charge is 2.34. The predicted molar refractivity (Wildman–Crippen MR) is 92.7 cm³/mol. The van der Waals surface area contributed by atoms with Crippen molar-refractivity contribution >= 4 is 12.1 Å². The van der Waals surface area contributed by atoms with Crippen molar-refractivity contribution < 1.29 is 9.53 Å². The summed E-state index contributed by atoms with van der Waals surface area (Å²) >= 11 is 0. The molecule has 0 bridgehead atoms. The Morgan fingerprint density at radius 3 is 2.43 bits per heavy atom. The van der Waals surface area contributed by atoms with Crippen LogP contribution in [0.25, 0.3) is 0 Å². The molecule has 0 aromatic rings. The van der Waals surface area contributed by atoms with Gasteiger partial charge in [0.1, 0.15) is 5.60 Å². The van der Waals surface area contributed by atoms with E-state index in [1.54, 1.807) is 0 Å². The molecule has 0 aromatic carbocycles. The van der Waals surface area contributed by atoms with E-state index in [0.717, 1.165) is 37.8 Å². The fraction of sp³-hybridized carbons (Fsp3) is 0.882. The molecule has 2 fully saturated rings. The van der Waals surface area contributed by atoms with E-state index in [1.807, 2.05) is 25.7 Å². The quantitative estimate of drug-likeness (QED) is 0.557. The number of amides is 1. The number of carbonyl (C=O) groups excluding carboxylic acids is 1. The van der Waals surface area contributed by atoms with Gasteiger partial charge in [-0.2, -0.15) is 0 Å². The highest BCUT2D eigenvalue weighted by Crippen LogP contribution is 2.29. The lowest BCUT2D eigenvalue weighted by Gasteiger charge is -2.27. The van der Waals surface area contributed by atoms with Crippen LogP contribution in [0.5, 0.6) is 0 Å². The lowest BCUT2D eigenvalue weighted by atomic mass is 10.2. The molecule has 132 valence electrons. The van der Waals surface area contributed by atoms with Crippen LogP contribution in [0.4, 0.5) is 4.79 Å². The predicted octanol–water partition coefficient (Wildman–Crippen LogP) is 2.35. The molecule has 0 heterocycles. The van der Waals surface area contributed by atoms with Crippen molar-refractivity contribution in [3.63, 3.8) is 0 Å². The number of aliphatic imine (C=N–C) groups is 1. The van der Waals surface area contributed by atoms with Gasteiger partial charge in [-0.1, -0.05) is 0 Å². The average Bonchev–Trinajstić information content (AvgIpc) is 3.33. The lowest BCUT2D eigenvalue weighted by Crippen LogP contribution is -2.45. The molecule has 0 radical (unpaired) electrons. The minimum absolute atomic E-state index is 0.207. The molecule has 0 spiro atoms. The van der Waals surface area contributed by atoms with E-state index in [1.165, 1.54) is 12.8 Å². The van der Waals surface area contributed by atoms with Crippen LogP contribution in [-0.4, -0.2) is 54.8 Å². The fourth-order valence-electron chi connectivity index (χ4n) is 2.29. The molecular formula is C17H32N4O2. The number of nitrogens with one attached hydrogen (secondary N) is 2. The molecule has 2 rings (SSSR count). The van der Waals surface area contributed by atoms with Crippen LogP contribution in [0, 0.1) is 5.92 Å². The molecule has 2 aliphatic rings. The Balaban J connectivity index is 1.78. The molecule has 2 aliphatic carbocycles. The molecule has 2 saturated carbocycles. The molecular weight excluding hydrogens is 292 g/mol. The Kier molecular flexibility index (Phi) is 6.13. The monoisotopic (exact) mass is 324 g/mol. The van der Waals surface area contributed by atoms with E-state index < -0.39 is 5.60 Å². The van der Waals surface area contributed by atoms with Gasteiger partial charge in [0.05, 0.1) is 0 Å². The Morgan fingerprint density at radius 1 is 1.22 bits per heavy atom. The highest BCUT2D eigenvalue weighted by atomic mass is 16.6. The molecule has 23 heavy (non-hydrogen) atoms. The van der Waals surface area contributed by atoms with Crippen LogP contribution in [-0.2, 0) is 4.74 Å². The van der Waals surface area contributed by atoms with Crippen molar-refractivity contribution in [2.75, 3.05) is 26.2 Å². The first-order valence-corrected chi connectivity index (χ1v) is 8.91. The summed E-state index contributed by atoms with van der Waals surface area (Å²) < 4.78 is 5.51. The van der Waals surface area contributed by atoms with Gasteiger partial charge in [0.15, 0.2) is 5.96 Å². The van der Waals surface area contributed by atoms with Crippen molar-refractivity contribution in [1.82, 2.24) is 15.5 Å². The minimum Gasteiger partial charge on any atom is -0.444 e. The Labute approximate surface area is 140 Å². The van der Waals surface area contributed by atoms with Crippen molar-refractivity contribution in [2.24, 2.45) is 10.9 Å². The van der Waals surface area contributed by atoms with Crippen molar-refractivity contribution in [3.8, 4) is 0 Å². The van der Waals surface area contributed by atoms with Crippen LogP contribution in [0.3, 0.4) is 0 Å². The van der Waals surface area contributed by atoms with Crippen LogP contribution in [0.1, 0.15) is 53.4 Å². The topological polar surface area (TPSA) is 66.0 Å². The van der Waals surface area contributed by atoms with Gasteiger partial charge in [-0.05, 0) is 59.3 Å². The van der Waals surface area contributed by atoms with E-state index in [4.69, 9.17) is 4.74 Å². The summed E-state index contributed by atoms with van der Waals surface area (Å²) in [5, 5.41) is 6.58. The van der Waals surface area contributed by atoms with Crippen LogP contribution in [0.15, 0.2) is 4.99 Å². The largest absolute Gasteiger partial charge is 0.444 e. The Bertz CT molecular complexity index is 423. The molecule has 2 N–H and O–H groups in total. The van der Waals surface area contributed by atoms with Crippen molar-refractivity contribution in [2.45, 2.75) is 65.0 Å². The van der Waals surface area contributed by atoms with E-state index in [0.29, 0.717) is 19.1 Å². The zero-order valence-corrected chi connectivity index (χ0v) is 15.0. The normalized spacial score (nSPS) is 18.5. The number of hydrogen-bond donors (Lipinski definition) is 2. The van der Waals surface area contributed by atoms with Gasteiger partial charge in [0.25, 0.3) is 0 Å². The summed E-state index contributed by atoms with van der Waals surface area (Å²) in [4.78, 5) is 18.7. The number of carbonyl (C=O) groups is 1. The number of rotatable bonds is 7. The average molecular weight is 324 g/mol. The summed E-state index contributed by atoms with van der Waals surface area (Å²) in [5.74, 6) is 1.62. The maximum Gasteiger partial charge on any atom is 0.410 e. The maximum atomic E-state index is 12.3. The summed E-state index contributed by atoms with van der Waals surface area (Å²) in [6.45, 7) is 10.8. The number of nitrogens with zero attached hydrogens (tertiary/aromatic N) is 2. The van der Waals surface area contributed by atoms with Gasteiger partial charge in [-0.25, -0.2) is 4.79 Å². The Hall–Kier alpha value is -1.46. The summed E-state index contributed by atoms with van der Waals surface area (Å²) in [6.07, 6.45) is 4.56. The summed E-state index contributed by atoms with van der Waals surface area (Å²) in [7, 11) is 0. The second-order valence-corrected chi connectivity index (χ2v) is 7.49. The third-order valence-corrected chi connectivity index (χ3v) is 3.81. The molecule has 0 saturated heterocycles. The third-order valence-electron chi connectivity index (χ3n) is 3.81. The number of hydrogen-bond acceptors (Lipinski definition) is 3. The third kappa shape index (κ3) is 7.10. The molecule has 1 amide bonds. The lowest BCUT2D eigenvalue weighted by molar-refractivity contribution is 0.0238. The standard InChI is InChI=1S/C17H32N4O2/c1-5-18-15(20-12-13-6-7-13)19-10-11-21(14-8-9-14)16(22)23-17(2,3)4/h13-14H,5-12H2,1-4H3,(H2,18,19,20). The zero-order chi connectivity index (χ0) is 16.9. The Morgan fingerprint density at radius 2 is 1.91 bits per heavy atom. The van der Waals surface area contributed by atoms with Gasteiger partial charge in [-0.15, -0.1) is 0 Å². The van der Waals surface area contributed by atoms with E-state index in [-0.39, 0.29) is 6.09 Å². The minimum atomic E-state index is -0.446.